The maximum Gasteiger partial charge on any atom is 0.225 e. The monoisotopic (exact) mass is 233 g/mol. The number of hydrogen-bond acceptors (Lipinski definition) is 5. The molecule has 0 saturated heterocycles. The lowest BCUT2D eigenvalue weighted by Gasteiger charge is -2.15. The van der Waals surface area contributed by atoms with Gasteiger partial charge in [0.2, 0.25) is 5.95 Å². The molecule has 0 aliphatic rings. The van der Waals surface area contributed by atoms with Gasteiger partial charge in [0, 0.05) is 50.4 Å². The third kappa shape index (κ3) is 2.79. The molecule has 0 atom stereocenters. The van der Waals surface area contributed by atoms with E-state index in [1.54, 1.807) is 17.1 Å². The van der Waals surface area contributed by atoms with Gasteiger partial charge < -0.3 is 10.0 Å². The molecule has 0 aliphatic carbocycles. The number of anilines is 1. The van der Waals surface area contributed by atoms with Crippen molar-refractivity contribution in [2.24, 2.45) is 7.05 Å². The largest absolute Gasteiger partial charge is 0.392 e. The normalized spacial score (nSPS) is 10.5. The van der Waals surface area contributed by atoms with Crippen LogP contribution in [0.1, 0.15) is 11.1 Å². The van der Waals surface area contributed by atoms with E-state index in [1.165, 1.54) is 0 Å². The lowest BCUT2D eigenvalue weighted by molar-refractivity contribution is 0.281. The molecule has 0 spiro atoms. The van der Waals surface area contributed by atoms with Crippen LogP contribution in [-0.4, -0.2) is 31.9 Å². The van der Waals surface area contributed by atoms with Crippen molar-refractivity contribution in [2.75, 3.05) is 11.9 Å². The summed E-state index contributed by atoms with van der Waals surface area (Å²) in [6.07, 6.45) is 7.03. The van der Waals surface area contributed by atoms with Gasteiger partial charge >= 0.3 is 0 Å². The average molecular weight is 233 g/mol. The first-order valence-corrected chi connectivity index (χ1v) is 5.29. The first-order chi connectivity index (χ1) is 8.19. The summed E-state index contributed by atoms with van der Waals surface area (Å²) in [7, 11) is 3.80. The van der Waals surface area contributed by atoms with E-state index in [0.29, 0.717) is 18.1 Å². The minimum atomic E-state index is -0.0351. The molecule has 0 saturated carbocycles. The Morgan fingerprint density at radius 3 is 2.47 bits per heavy atom. The molecule has 2 heterocycles. The zero-order valence-electron chi connectivity index (χ0n) is 9.91. The Hall–Kier alpha value is -1.95. The SMILES string of the molecule is CN(Cc1cnn(C)c1)c1ncc(CO)cn1. The topological polar surface area (TPSA) is 67.1 Å². The van der Waals surface area contributed by atoms with Crippen molar-refractivity contribution in [1.29, 1.82) is 0 Å². The van der Waals surface area contributed by atoms with Crippen molar-refractivity contribution >= 4 is 5.95 Å². The van der Waals surface area contributed by atoms with Crippen molar-refractivity contribution < 1.29 is 5.11 Å². The van der Waals surface area contributed by atoms with E-state index < -0.39 is 0 Å². The van der Waals surface area contributed by atoms with E-state index in [1.807, 2.05) is 31.4 Å². The van der Waals surface area contributed by atoms with E-state index in [0.717, 1.165) is 5.56 Å². The second-order valence-corrected chi connectivity index (χ2v) is 3.93. The molecular weight excluding hydrogens is 218 g/mol. The smallest absolute Gasteiger partial charge is 0.225 e. The van der Waals surface area contributed by atoms with Crippen molar-refractivity contribution in [3.63, 3.8) is 0 Å². The number of aryl methyl sites for hydroxylation is 1. The zero-order valence-corrected chi connectivity index (χ0v) is 9.91. The fourth-order valence-electron chi connectivity index (χ4n) is 1.52. The van der Waals surface area contributed by atoms with Crippen LogP contribution in [0.3, 0.4) is 0 Å². The fourth-order valence-corrected chi connectivity index (χ4v) is 1.52. The molecule has 2 aromatic rings. The van der Waals surface area contributed by atoms with E-state index in [2.05, 4.69) is 15.1 Å². The summed E-state index contributed by atoms with van der Waals surface area (Å²) in [5.74, 6) is 0.631. The third-order valence-electron chi connectivity index (χ3n) is 2.39. The molecule has 0 amide bonds. The third-order valence-corrected chi connectivity index (χ3v) is 2.39. The molecule has 2 rings (SSSR count). The molecule has 6 heteroatoms. The van der Waals surface area contributed by atoms with Crippen LogP contribution in [-0.2, 0) is 20.2 Å². The molecule has 0 bridgehead atoms. The van der Waals surface area contributed by atoms with Gasteiger partial charge in [0.1, 0.15) is 0 Å². The molecule has 0 aromatic carbocycles. The van der Waals surface area contributed by atoms with Crippen LogP contribution in [0.25, 0.3) is 0 Å². The van der Waals surface area contributed by atoms with Gasteiger partial charge in [-0.15, -0.1) is 0 Å². The summed E-state index contributed by atoms with van der Waals surface area (Å²) in [5, 5.41) is 13.0. The first-order valence-electron chi connectivity index (χ1n) is 5.29. The van der Waals surface area contributed by atoms with E-state index >= 15 is 0 Å². The average Bonchev–Trinajstić information content (AvgIpc) is 2.75. The Balaban J connectivity index is 2.06. The summed E-state index contributed by atoms with van der Waals surface area (Å²) < 4.78 is 1.76. The minimum absolute atomic E-state index is 0.0351. The molecule has 0 fully saturated rings. The Morgan fingerprint density at radius 1 is 1.24 bits per heavy atom. The van der Waals surface area contributed by atoms with Gasteiger partial charge in [-0.2, -0.15) is 5.10 Å². The summed E-state index contributed by atoms with van der Waals surface area (Å²) in [4.78, 5) is 10.3. The van der Waals surface area contributed by atoms with Crippen molar-refractivity contribution in [3.8, 4) is 0 Å². The van der Waals surface area contributed by atoms with Crippen LogP contribution in [0.2, 0.25) is 0 Å². The predicted octanol–water partition coefficient (Wildman–Crippen LogP) is 0.339. The van der Waals surface area contributed by atoms with Gasteiger partial charge in [0.05, 0.1) is 12.8 Å². The summed E-state index contributed by atoms with van der Waals surface area (Å²) in [6, 6.07) is 0. The van der Waals surface area contributed by atoms with Gasteiger partial charge in [-0.1, -0.05) is 0 Å². The van der Waals surface area contributed by atoms with Gasteiger partial charge in [-0.25, -0.2) is 9.97 Å². The molecule has 90 valence electrons. The first kappa shape index (κ1) is 11.5. The molecule has 2 aromatic heterocycles. The Kier molecular flexibility index (Phi) is 3.34. The molecule has 6 nitrogen and oxygen atoms in total. The Bertz CT molecular complexity index is 479. The predicted molar refractivity (Wildman–Crippen MR) is 63.3 cm³/mol. The van der Waals surface area contributed by atoms with Gasteiger partial charge in [0.25, 0.3) is 0 Å². The lowest BCUT2D eigenvalue weighted by Crippen LogP contribution is -2.18. The van der Waals surface area contributed by atoms with Gasteiger partial charge in [-0.05, 0) is 0 Å². The molecule has 0 radical (unpaired) electrons. The number of hydrogen-bond donors (Lipinski definition) is 1. The zero-order chi connectivity index (χ0) is 12.3. The van der Waals surface area contributed by atoms with Gasteiger partial charge in [-0.3, -0.25) is 4.68 Å². The molecular formula is C11H15N5O. The van der Waals surface area contributed by atoms with Crippen LogP contribution in [0.15, 0.2) is 24.8 Å². The van der Waals surface area contributed by atoms with Crippen molar-refractivity contribution in [1.82, 2.24) is 19.7 Å². The van der Waals surface area contributed by atoms with Crippen molar-refractivity contribution in [3.05, 3.63) is 35.9 Å². The van der Waals surface area contributed by atoms with E-state index in [9.17, 15) is 0 Å². The molecule has 0 aliphatic heterocycles. The highest BCUT2D eigenvalue weighted by atomic mass is 16.3. The van der Waals surface area contributed by atoms with Crippen LogP contribution in [0.5, 0.6) is 0 Å². The summed E-state index contributed by atoms with van der Waals surface area (Å²) in [6.45, 7) is 0.666. The molecule has 0 unspecified atom stereocenters. The second-order valence-electron chi connectivity index (χ2n) is 3.93. The van der Waals surface area contributed by atoms with E-state index in [4.69, 9.17) is 5.11 Å². The van der Waals surface area contributed by atoms with Crippen LogP contribution < -0.4 is 4.90 Å². The number of aliphatic hydroxyl groups excluding tert-OH is 1. The molecule has 1 N–H and O–H groups in total. The second kappa shape index (κ2) is 4.92. The van der Waals surface area contributed by atoms with Crippen LogP contribution >= 0.6 is 0 Å². The number of aliphatic hydroxyl groups is 1. The standard InChI is InChI=1S/C11H15N5O/c1-15(6-10-5-14-16(2)7-10)11-12-3-9(8-17)4-13-11/h3-5,7,17H,6,8H2,1-2H3. The van der Waals surface area contributed by atoms with Crippen LogP contribution in [0, 0.1) is 0 Å². The maximum atomic E-state index is 8.90. The Labute approximate surface area is 99.5 Å². The highest BCUT2D eigenvalue weighted by Crippen LogP contribution is 2.09. The molecule has 17 heavy (non-hydrogen) atoms. The van der Waals surface area contributed by atoms with Gasteiger partial charge in [0.15, 0.2) is 0 Å². The van der Waals surface area contributed by atoms with E-state index in [-0.39, 0.29) is 6.61 Å². The highest BCUT2D eigenvalue weighted by molar-refractivity contribution is 5.29. The van der Waals surface area contributed by atoms with Crippen molar-refractivity contribution in [2.45, 2.75) is 13.2 Å². The Morgan fingerprint density at radius 2 is 1.94 bits per heavy atom. The maximum absolute atomic E-state index is 8.90. The minimum Gasteiger partial charge on any atom is -0.392 e. The summed E-state index contributed by atoms with van der Waals surface area (Å²) >= 11 is 0. The quantitative estimate of drug-likeness (QED) is 0.824. The summed E-state index contributed by atoms with van der Waals surface area (Å²) in [5.41, 5.74) is 1.81. The number of nitrogens with zero attached hydrogens (tertiary/aromatic N) is 5. The fraction of sp³-hybridized carbons (Fsp3) is 0.364. The highest BCUT2D eigenvalue weighted by Gasteiger charge is 2.06. The lowest BCUT2D eigenvalue weighted by atomic mass is 10.3. The number of aromatic nitrogens is 4. The van der Waals surface area contributed by atoms with Crippen LogP contribution in [0.4, 0.5) is 5.95 Å². The number of rotatable bonds is 4.